The fourth-order valence-corrected chi connectivity index (χ4v) is 5.30. The monoisotopic (exact) mass is 419 g/mol. The lowest BCUT2D eigenvalue weighted by atomic mass is 10.1. The van der Waals surface area contributed by atoms with Crippen LogP contribution in [0, 0.1) is 0 Å². The van der Waals surface area contributed by atoms with E-state index in [1.807, 2.05) is 0 Å². The van der Waals surface area contributed by atoms with Gasteiger partial charge in [0, 0.05) is 25.0 Å². The predicted octanol–water partition coefficient (Wildman–Crippen LogP) is 0.665. The number of sulfonamides is 1. The summed E-state index contributed by atoms with van der Waals surface area (Å²) in [5, 5.41) is 9.83. The number of carbonyl (C=O) groups excluding carboxylic acids is 1. The molecule has 3 heterocycles. The van der Waals surface area contributed by atoms with E-state index in [1.54, 1.807) is 48.8 Å². The number of hydrogen-bond donors (Lipinski definition) is 2. The number of fused-ring (bicyclic) bond motifs is 2. The van der Waals surface area contributed by atoms with Gasteiger partial charge >= 0.3 is 0 Å². The van der Waals surface area contributed by atoms with Crippen LogP contribution in [0.25, 0.3) is 0 Å². The first-order valence-electron chi connectivity index (χ1n) is 8.95. The fraction of sp³-hybridized carbons (Fsp3) is 0.316. The highest BCUT2D eigenvalue weighted by Gasteiger charge is 2.44. The summed E-state index contributed by atoms with van der Waals surface area (Å²) in [5.41, 5.74) is 0.870. The maximum atomic E-state index is 13.0. The molecule has 0 radical (unpaired) electrons. The van der Waals surface area contributed by atoms with Crippen molar-refractivity contribution in [1.29, 1.82) is 0 Å². The van der Waals surface area contributed by atoms with E-state index in [-0.39, 0.29) is 48.9 Å². The van der Waals surface area contributed by atoms with Crippen molar-refractivity contribution in [2.24, 2.45) is 0 Å². The van der Waals surface area contributed by atoms with Gasteiger partial charge in [-0.05, 0) is 36.2 Å². The quantitative estimate of drug-likeness (QED) is 0.700. The van der Waals surface area contributed by atoms with Crippen molar-refractivity contribution in [3.63, 3.8) is 0 Å². The van der Waals surface area contributed by atoms with Crippen LogP contribution in [-0.2, 0) is 26.0 Å². The number of benzene rings is 1. The van der Waals surface area contributed by atoms with Crippen LogP contribution in [0.1, 0.15) is 12.0 Å². The van der Waals surface area contributed by atoms with Gasteiger partial charge in [-0.1, -0.05) is 12.1 Å². The molecule has 2 aliphatic heterocycles. The third-order valence-corrected chi connectivity index (χ3v) is 6.67. The molecule has 1 amide bonds. The van der Waals surface area contributed by atoms with E-state index in [0.717, 1.165) is 5.56 Å². The number of carbonyl (C=O) groups is 2. The number of hydrogen-bond acceptors (Lipinski definition) is 6. The van der Waals surface area contributed by atoms with Gasteiger partial charge in [0.15, 0.2) is 0 Å². The zero-order valence-corrected chi connectivity index (χ0v) is 16.3. The number of nitrogens with zero attached hydrogens (tertiary/aromatic N) is 2. The summed E-state index contributed by atoms with van der Waals surface area (Å²) in [4.78, 5) is 24.7. The SMILES string of the molecule is O=C(Cc1ccncc1)N[C@H]1C[C@H]2COc3ccccc3S(=O)(=O)N2C1.O=CO. The minimum atomic E-state index is -3.63. The Hall–Kier alpha value is -2.98. The molecular weight excluding hydrogens is 398 g/mol. The van der Waals surface area contributed by atoms with Gasteiger partial charge in [0.2, 0.25) is 15.9 Å². The standard InChI is InChI=1S/C18H19N3O4S.CH2O2/c22-18(9-13-5-7-19-8-6-13)20-14-10-15-12-25-16-3-1-2-4-17(16)26(23,24)21(15)11-14;2-1-3/h1-8,14-15H,9-12H2,(H,20,22);1H,(H,2,3)/t14-,15-;/m0./s1. The number of amides is 1. The number of pyridine rings is 1. The van der Waals surface area contributed by atoms with Crippen LogP contribution in [0.3, 0.4) is 0 Å². The van der Waals surface area contributed by atoms with Crippen molar-refractivity contribution in [2.75, 3.05) is 13.2 Å². The van der Waals surface area contributed by atoms with Crippen molar-refractivity contribution in [2.45, 2.75) is 29.8 Å². The van der Waals surface area contributed by atoms with Crippen LogP contribution in [0.5, 0.6) is 5.75 Å². The van der Waals surface area contributed by atoms with Crippen LogP contribution in [-0.4, -0.2) is 60.4 Å². The number of carboxylic acid groups (broad SMARTS) is 1. The van der Waals surface area contributed by atoms with Crippen molar-refractivity contribution in [1.82, 2.24) is 14.6 Å². The molecule has 154 valence electrons. The molecule has 10 heteroatoms. The molecule has 9 nitrogen and oxygen atoms in total. The highest BCUT2D eigenvalue weighted by molar-refractivity contribution is 7.89. The Kier molecular flexibility index (Phi) is 6.45. The van der Waals surface area contributed by atoms with Gasteiger partial charge in [-0.2, -0.15) is 4.31 Å². The Morgan fingerprint density at radius 2 is 1.97 bits per heavy atom. The average Bonchev–Trinajstić information content (AvgIpc) is 3.07. The van der Waals surface area contributed by atoms with Gasteiger partial charge < -0.3 is 15.2 Å². The molecule has 1 saturated heterocycles. The Bertz CT molecular complexity index is 967. The lowest BCUT2D eigenvalue weighted by molar-refractivity contribution is -0.123. The molecule has 1 fully saturated rings. The lowest BCUT2D eigenvalue weighted by Crippen LogP contribution is -2.40. The number of para-hydroxylation sites is 1. The molecule has 4 rings (SSSR count). The molecule has 0 aliphatic carbocycles. The van der Waals surface area contributed by atoms with Crippen LogP contribution in [0.15, 0.2) is 53.7 Å². The Labute approximate surface area is 168 Å². The van der Waals surface area contributed by atoms with E-state index in [2.05, 4.69) is 10.3 Å². The summed E-state index contributed by atoms with van der Waals surface area (Å²) >= 11 is 0. The molecule has 0 unspecified atom stereocenters. The molecule has 0 saturated carbocycles. The Morgan fingerprint density at radius 1 is 1.28 bits per heavy atom. The van der Waals surface area contributed by atoms with Crippen LogP contribution < -0.4 is 10.1 Å². The van der Waals surface area contributed by atoms with E-state index >= 15 is 0 Å². The molecular formula is C19H21N3O6S. The van der Waals surface area contributed by atoms with Gasteiger partial charge in [0.1, 0.15) is 17.3 Å². The maximum absolute atomic E-state index is 13.0. The minimum Gasteiger partial charge on any atom is -0.490 e. The van der Waals surface area contributed by atoms with Gasteiger partial charge in [0.25, 0.3) is 6.47 Å². The van der Waals surface area contributed by atoms with E-state index < -0.39 is 10.0 Å². The molecule has 2 aliphatic rings. The van der Waals surface area contributed by atoms with Crippen LogP contribution in [0.2, 0.25) is 0 Å². The molecule has 1 aromatic carbocycles. The summed E-state index contributed by atoms with van der Waals surface area (Å²) in [6.07, 6.45) is 4.07. The first kappa shape index (κ1) is 20.7. The first-order chi connectivity index (χ1) is 14.0. The van der Waals surface area contributed by atoms with Crippen molar-refractivity contribution >= 4 is 22.4 Å². The van der Waals surface area contributed by atoms with Crippen molar-refractivity contribution in [3.05, 3.63) is 54.4 Å². The molecule has 2 atom stereocenters. The summed E-state index contributed by atoms with van der Waals surface area (Å²) in [6, 6.07) is 9.74. The lowest BCUT2D eigenvalue weighted by Gasteiger charge is -2.19. The van der Waals surface area contributed by atoms with Gasteiger partial charge in [-0.25, -0.2) is 8.42 Å². The van der Waals surface area contributed by atoms with Gasteiger partial charge in [-0.3, -0.25) is 14.6 Å². The van der Waals surface area contributed by atoms with E-state index in [0.29, 0.717) is 12.2 Å². The molecule has 1 aromatic heterocycles. The minimum absolute atomic E-state index is 0.127. The largest absolute Gasteiger partial charge is 0.490 e. The smallest absolute Gasteiger partial charge is 0.290 e. The second-order valence-electron chi connectivity index (χ2n) is 6.62. The third-order valence-electron chi connectivity index (χ3n) is 4.71. The zero-order chi connectivity index (χ0) is 20.9. The van der Waals surface area contributed by atoms with Crippen molar-refractivity contribution in [3.8, 4) is 5.75 Å². The highest BCUT2D eigenvalue weighted by atomic mass is 32.2. The third kappa shape index (κ3) is 4.72. The topological polar surface area (TPSA) is 126 Å². The van der Waals surface area contributed by atoms with Crippen LogP contribution in [0.4, 0.5) is 0 Å². The van der Waals surface area contributed by atoms with Crippen molar-refractivity contribution < 1.29 is 27.9 Å². The molecule has 2 aromatic rings. The Balaban J connectivity index is 0.000000755. The summed E-state index contributed by atoms with van der Waals surface area (Å²) < 4.78 is 33.1. The number of rotatable bonds is 3. The van der Waals surface area contributed by atoms with Crippen LogP contribution >= 0.6 is 0 Å². The highest BCUT2D eigenvalue weighted by Crippen LogP contribution is 2.35. The van der Waals surface area contributed by atoms with Gasteiger partial charge in [-0.15, -0.1) is 0 Å². The zero-order valence-electron chi connectivity index (χ0n) is 15.5. The second kappa shape index (κ2) is 9.01. The molecule has 0 spiro atoms. The summed E-state index contributed by atoms with van der Waals surface area (Å²) in [7, 11) is -3.63. The van der Waals surface area contributed by atoms with E-state index in [1.165, 1.54) is 4.31 Å². The fourth-order valence-electron chi connectivity index (χ4n) is 3.50. The predicted molar refractivity (Wildman–Crippen MR) is 103 cm³/mol. The van der Waals surface area contributed by atoms with Gasteiger partial charge in [0.05, 0.1) is 12.5 Å². The normalized spacial score (nSPS) is 21.9. The molecule has 29 heavy (non-hydrogen) atoms. The summed E-state index contributed by atoms with van der Waals surface area (Å²) in [5.74, 6) is 0.262. The van der Waals surface area contributed by atoms with E-state index in [9.17, 15) is 13.2 Å². The number of nitrogens with one attached hydrogen (secondary N) is 1. The average molecular weight is 419 g/mol. The Morgan fingerprint density at radius 3 is 2.69 bits per heavy atom. The molecule has 0 bridgehead atoms. The summed E-state index contributed by atoms with van der Waals surface area (Å²) in [6.45, 7) is 0.291. The maximum Gasteiger partial charge on any atom is 0.290 e. The molecule has 2 N–H and O–H groups in total. The number of aromatic nitrogens is 1. The second-order valence-corrected chi connectivity index (χ2v) is 8.48. The number of ether oxygens (including phenoxy) is 1. The van der Waals surface area contributed by atoms with E-state index in [4.69, 9.17) is 14.6 Å². The first-order valence-corrected chi connectivity index (χ1v) is 10.4.